The molecule has 0 fully saturated rings. The number of benzene rings is 13. The van der Waals surface area contributed by atoms with E-state index in [9.17, 15) is 0 Å². The van der Waals surface area contributed by atoms with E-state index in [0.717, 1.165) is 0 Å². The molecule has 0 unspecified atom stereocenters. The van der Waals surface area contributed by atoms with Gasteiger partial charge in [0.2, 0.25) is 0 Å². The normalized spacial score (nSPS) is 13.6. The fourth-order valence-corrected chi connectivity index (χ4v) is 13.6. The van der Waals surface area contributed by atoms with Crippen LogP contribution >= 0.6 is 0 Å². The zero-order valence-corrected chi connectivity index (χ0v) is 44.4. The molecule has 78 heavy (non-hydrogen) atoms. The van der Waals surface area contributed by atoms with Gasteiger partial charge < -0.3 is 0 Å². The fraction of sp³-hybridized carbons (Fsp3) is 0.0769. The summed E-state index contributed by atoms with van der Waals surface area (Å²) in [6.45, 7) is 9.63. The molecule has 0 aromatic heterocycles. The molecule has 0 aliphatic heterocycles. The predicted molar refractivity (Wildman–Crippen MR) is 332 cm³/mol. The summed E-state index contributed by atoms with van der Waals surface area (Å²) >= 11 is 0. The molecule has 0 atom stereocenters. The van der Waals surface area contributed by atoms with Gasteiger partial charge in [0.15, 0.2) is 0 Å². The average Bonchev–Trinajstić information content (AvgIpc) is 4.08. The van der Waals surface area contributed by atoms with Gasteiger partial charge in [-0.2, -0.15) is 0 Å². The van der Waals surface area contributed by atoms with Crippen molar-refractivity contribution in [2.24, 2.45) is 0 Å². The molecule has 2 aliphatic rings. The van der Waals surface area contributed by atoms with Crippen molar-refractivity contribution in [2.75, 3.05) is 0 Å². The first-order valence-corrected chi connectivity index (χ1v) is 27.6. The molecular weight excluding hydrogens is 937 g/mol. The van der Waals surface area contributed by atoms with Gasteiger partial charge in [-0.1, -0.05) is 240 Å². The predicted octanol–water partition coefficient (Wildman–Crippen LogP) is 21.4. The molecule has 0 heterocycles. The minimum atomic E-state index is -0.188. The summed E-state index contributed by atoms with van der Waals surface area (Å²) in [5.41, 5.74) is 27.4. The largest absolute Gasteiger partial charge is 0.0622 e. The van der Waals surface area contributed by atoms with Crippen LogP contribution in [0.4, 0.5) is 0 Å². The topological polar surface area (TPSA) is 0 Å². The molecular formula is C78H56. The van der Waals surface area contributed by atoms with E-state index < -0.39 is 0 Å². The molecule has 0 saturated carbocycles. The van der Waals surface area contributed by atoms with Crippen LogP contribution < -0.4 is 0 Å². The third-order valence-electron chi connectivity index (χ3n) is 17.6. The Hall–Kier alpha value is -9.36. The van der Waals surface area contributed by atoms with Crippen LogP contribution in [0.15, 0.2) is 267 Å². The van der Waals surface area contributed by atoms with Gasteiger partial charge in [-0.15, -0.1) is 0 Å². The molecule has 0 amide bonds. The van der Waals surface area contributed by atoms with E-state index in [0.29, 0.717) is 0 Å². The lowest BCUT2D eigenvalue weighted by molar-refractivity contribution is 0.660. The molecule has 13 aromatic carbocycles. The molecule has 0 nitrogen and oxygen atoms in total. The lowest BCUT2D eigenvalue weighted by Crippen LogP contribution is -2.15. The van der Waals surface area contributed by atoms with Gasteiger partial charge in [0.25, 0.3) is 0 Å². The third kappa shape index (κ3) is 7.20. The van der Waals surface area contributed by atoms with Gasteiger partial charge in [0.1, 0.15) is 0 Å². The summed E-state index contributed by atoms with van der Waals surface area (Å²) < 4.78 is 0. The molecule has 0 heteroatoms. The summed E-state index contributed by atoms with van der Waals surface area (Å²) in [4.78, 5) is 0. The summed E-state index contributed by atoms with van der Waals surface area (Å²) in [5, 5.41) is 7.42. The Bertz CT molecular complexity index is 4510. The van der Waals surface area contributed by atoms with Gasteiger partial charge in [0.05, 0.1) is 0 Å². The number of hydrogen-bond acceptors (Lipinski definition) is 0. The second-order valence-corrected chi connectivity index (χ2v) is 22.8. The molecule has 15 rings (SSSR count). The molecule has 2 aliphatic carbocycles. The Kier molecular flexibility index (Phi) is 10.4. The Morgan fingerprint density at radius 2 is 0.551 bits per heavy atom. The quantitative estimate of drug-likeness (QED) is 0.140. The fourth-order valence-electron chi connectivity index (χ4n) is 13.6. The second-order valence-electron chi connectivity index (χ2n) is 22.8. The molecule has 368 valence electrons. The first-order chi connectivity index (χ1) is 38.2. The maximum absolute atomic E-state index is 2.55. The van der Waals surface area contributed by atoms with Crippen LogP contribution in [0.1, 0.15) is 49.9 Å². The smallest absolute Gasteiger partial charge is 0.0159 e. The average molecular weight is 993 g/mol. The van der Waals surface area contributed by atoms with Crippen LogP contribution in [0, 0.1) is 0 Å². The van der Waals surface area contributed by atoms with Crippen LogP contribution in [0.25, 0.3) is 132 Å². The third-order valence-corrected chi connectivity index (χ3v) is 17.6. The van der Waals surface area contributed by atoms with Crippen LogP contribution in [0.2, 0.25) is 0 Å². The SMILES string of the molecule is CC1(C)c2ccccc2-c2ccc(-c3c(-c4ccc5c(c4)C(C)(C)c4ccccc4-5)c4cc(-c5cc6ccccc6cc5-c5ccccc5)ccc4c4ccc(-c5cc(-c6ccccc6)cc(-c6ccccc6)c5)cc34)cc21. The highest BCUT2D eigenvalue weighted by molar-refractivity contribution is 6.23. The van der Waals surface area contributed by atoms with Gasteiger partial charge >= 0.3 is 0 Å². The highest BCUT2D eigenvalue weighted by atomic mass is 14.4. The van der Waals surface area contributed by atoms with Crippen molar-refractivity contribution in [3.05, 3.63) is 289 Å². The Morgan fingerprint density at radius 1 is 0.192 bits per heavy atom. The van der Waals surface area contributed by atoms with Crippen LogP contribution in [-0.2, 0) is 10.8 Å². The summed E-state index contributed by atoms with van der Waals surface area (Å²) in [7, 11) is 0. The van der Waals surface area contributed by atoms with Crippen LogP contribution in [-0.4, -0.2) is 0 Å². The highest BCUT2D eigenvalue weighted by Crippen LogP contribution is 2.55. The Morgan fingerprint density at radius 3 is 1.04 bits per heavy atom. The van der Waals surface area contributed by atoms with E-state index >= 15 is 0 Å². The molecule has 0 spiro atoms. The molecule has 0 radical (unpaired) electrons. The van der Waals surface area contributed by atoms with Crippen molar-refractivity contribution in [2.45, 2.75) is 38.5 Å². The maximum Gasteiger partial charge on any atom is 0.0159 e. The van der Waals surface area contributed by atoms with Crippen molar-refractivity contribution >= 4 is 32.3 Å². The number of rotatable bonds is 7. The highest BCUT2D eigenvalue weighted by Gasteiger charge is 2.37. The van der Waals surface area contributed by atoms with Crippen molar-refractivity contribution in [1.29, 1.82) is 0 Å². The van der Waals surface area contributed by atoms with Crippen molar-refractivity contribution in [3.63, 3.8) is 0 Å². The van der Waals surface area contributed by atoms with Crippen LogP contribution in [0.3, 0.4) is 0 Å². The summed E-state index contributed by atoms with van der Waals surface area (Å²) in [6.07, 6.45) is 0. The molecule has 0 saturated heterocycles. The summed E-state index contributed by atoms with van der Waals surface area (Å²) in [5.74, 6) is 0. The minimum absolute atomic E-state index is 0.188. The number of fused-ring (bicyclic) bond motifs is 10. The van der Waals surface area contributed by atoms with E-state index in [1.807, 2.05) is 0 Å². The Labute approximate surface area is 457 Å². The Balaban J connectivity index is 1.07. The van der Waals surface area contributed by atoms with Gasteiger partial charge in [-0.3, -0.25) is 0 Å². The second kappa shape index (κ2) is 17.6. The monoisotopic (exact) mass is 992 g/mol. The molecule has 13 aromatic rings. The number of hydrogen-bond donors (Lipinski definition) is 0. The van der Waals surface area contributed by atoms with Crippen molar-refractivity contribution < 1.29 is 0 Å². The van der Waals surface area contributed by atoms with Crippen LogP contribution in [0.5, 0.6) is 0 Å². The van der Waals surface area contributed by atoms with Crippen molar-refractivity contribution in [3.8, 4) is 100 Å². The zero-order chi connectivity index (χ0) is 52.3. The van der Waals surface area contributed by atoms with Crippen molar-refractivity contribution in [1.82, 2.24) is 0 Å². The van der Waals surface area contributed by atoms with Gasteiger partial charge in [0, 0.05) is 10.8 Å². The maximum atomic E-state index is 2.55. The van der Waals surface area contributed by atoms with E-state index in [4.69, 9.17) is 0 Å². The standard InChI is InChI=1S/C78H56/c1-77(2)71-30-18-16-28-63(71)65-38-34-56(47-73(65)77)75-69-45-54(60-41-58(49-20-8-5-9-21-49)40-59(42-60)50-22-10-6-11-23-50)32-36-61(69)62-37-33-55(68-44-53-27-15-14-26-52(53)43-67(68)51-24-12-7-13-25-51)46-70(62)76(75)57-35-39-66-64-29-17-19-31-72(64)78(3,4)74(66)48-57/h5-48H,1-4H3. The van der Waals surface area contributed by atoms with E-state index in [1.54, 1.807) is 0 Å². The minimum Gasteiger partial charge on any atom is -0.0622 e. The lowest BCUT2D eigenvalue weighted by Gasteiger charge is -2.25. The van der Waals surface area contributed by atoms with E-state index in [-0.39, 0.29) is 10.8 Å². The van der Waals surface area contributed by atoms with E-state index in [1.165, 1.54) is 155 Å². The summed E-state index contributed by atoms with van der Waals surface area (Å²) in [6, 6.07) is 101. The lowest BCUT2D eigenvalue weighted by atomic mass is 9.78. The zero-order valence-electron chi connectivity index (χ0n) is 44.4. The molecule has 0 N–H and O–H groups in total. The van der Waals surface area contributed by atoms with E-state index in [2.05, 4.69) is 295 Å². The van der Waals surface area contributed by atoms with Gasteiger partial charge in [-0.25, -0.2) is 0 Å². The van der Waals surface area contributed by atoms with Gasteiger partial charge in [-0.05, 0) is 209 Å². The molecule has 0 bridgehead atoms. The first kappa shape index (κ1) is 46.0. The first-order valence-electron chi connectivity index (χ1n) is 27.6.